The van der Waals surface area contributed by atoms with E-state index in [0.29, 0.717) is 11.0 Å². The average Bonchev–Trinajstić information content (AvgIpc) is 2.87. The standard InChI is InChI=1S/C9H12N6OS/c1-5(2)3-6-13-15-9(17-6)12-8(16)7-10-4-11-14-7/h4-5H,3H2,1-2H3,(H,10,11,14)(H,12,15,16). The average molecular weight is 252 g/mol. The third-order valence-electron chi connectivity index (χ3n) is 1.90. The minimum atomic E-state index is -0.366. The van der Waals surface area contributed by atoms with Crippen molar-refractivity contribution in [2.24, 2.45) is 5.92 Å². The summed E-state index contributed by atoms with van der Waals surface area (Å²) < 4.78 is 0. The van der Waals surface area contributed by atoms with E-state index in [2.05, 4.69) is 44.5 Å². The van der Waals surface area contributed by atoms with Gasteiger partial charge in [-0.2, -0.15) is 5.10 Å². The molecule has 8 heteroatoms. The zero-order chi connectivity index (χ0) is 12.3. The van der Waals surface area contributed by atoms with Crippen LogP contribution in [-0.2, 0) is 6.42 Å². The molecule has 2 heterocycles. The first-order valence-corrected chi connectivity index (χ1v) is 5.96. The van der Waals surface area contributed by atoms with Crippen molar-refractivity contribution in [1.29, 1.82) is 0 Å². The molecule has 0 radical (unpaired) electrons. The van der Waals surface area contributed by atoms with Crippen LogP contribution < -0.4 is 5.32 Å². The van der Waals surface area contributed by atoms with Gasteiger partial charge < -0.3 is 0 Å². The Hall–Kier alpha value is -1.83. The van der Waals surface area contributed by atoms with Crippen LogP contribution in [0, 0.1) is 5.92 Å². The fraction of sp³-hybridized carbons (Fsp3) is 0.444. The highest BCUT2D eigenvalue weighted by Gasteiger charge is 2.12. The van der Waals surface area contributed by atoms with Gasteiger partial charge in [-0.3, -0.25) is 15.2 Å². The van der Waals surface area contributed by atoms with E-state index in [1.54, 1.807) is 0 Å². The molecule has 0 aliphatic rings. The SMILES string of the molecule is CC(C)Cc1nnc(NC(=O)c2ncn[nH]2)s1. The molecular formula is C9H12N6OS. The molecule has 2 aromatic heterocycles. The summed E-state index contributed by atoms with van der Waals surface area (Å²) in [5.74, 6) is 0.307. The third-order valence-corrected chi connectivity index (χ3v) is 2.76. The molecule has 0 aromatic carbocycles. The lowest BCUT2D eigenvalue weighted by Crippen LogP contribution is -2.13. The molecule has 0 unspecified atom stereocenters. The number of aromatic amines is 1. The van der Waals surface area contributed by atoms with Gasteiger partial charge in [-0.15, -0.1) is 10.2 Å². The number of carbonyl (C=O) groups excluding carboxylic acids is 1. The van der Waals surface area contributed by atoms with Crippen LogP contribution in [0.3, 0.4) is 0 Å². The highest BCUT2D eigenvalue weighted by atomic mass is 32.1. The predicted octanol–water partition coefficient (Wildman–Crippen LogP) is 1.11. The van der Waals surface area contributed by atoms with Crippen molar-refractivity contribution < 1.29 is 4.79 Å². The Labute approximate surface area is 102 Å². The van der Waals surface area contributed by atoms with E-state index in [9.17, 15) is 4.79 Å². The summed E-state index contributed by atoms with van der Waals surface area (Å²) in [4.78, 5) is 15.3. The quantitative estimate of drug-likeness (QED) is 0.849. The first-order valence-electron chi connectivity index (χ1n) is 5.14. The molecule has 0 atom stereocenters. The van der Waals surface area contributed by atoms with Gasteiger partial charge in [-0.05, 0) is 5.92 Å². The number of nitrogens with one attached hydrogen (secondary N) is 2. The van der Waals surface area contributed by atoms with Crippen molar-refractivity contribution in [3.05, 3.63) is 17.2 Å². The number of anilines is 1. The van der Waals surface area contributed by atoms with Crippen LogP contribution in [-0.4, -0.2) is 31.3 Å². The van der Waals surface area contributed by atoms with E-state index in [1.807, 2.05) is 0 Å². The Kier molecular flexibility index (Phi) is 3.43. The minimum absolute atomic E-state index is 0.158. The molecule has 0 aliphatic heterocycles. The number of carbonyl (C=O) groups is 1. The molecule has 90 valence electrons. The van der Waals surface area contributed by atoms with Gasteiger partial charge in [0.2, 0.25) is 11.0 Å². The summed E-state index contributed by atoms with van der Waals surface area (Å²) in [6, 6.07) is 0. The van der Waals surface area contributed by atoms with Gasteiger partial charge in [0.1, 0.15) is 11.3 Å². The maximum absolute atomic E-state index is 11.6. The number of nitrogens with zero attached hydrogens (tertiary/aromatic N) is 4. The second kappa shape index (κ2) is 5.00. The van der Waals surface area contributed by atoms with Crippen molar-refractivity contribution in [2.45, 2.75) is 20.3 Å². The molecule has 0 aliphatic carbocycles. The van der Waals surface area contributed by atoms with Crippen LogP contribution in [0.15, 0.2) is 6.33 Å². The Morgan fingerprint density at radius 2 is 2.35 bits per heavy atom. The van der Waals surface area contributed by atoms with Gasteiger partial charge in [-0.1, -0.05) is 25.2 Å². The van der Waals surface area contributed by atoms with E-state index in [1.165, 1.54) is 17.7 Å². The van der Waals surface area contributed by atoms with Crippen molar-refractivity contribution in [3.8, 4) is 0 Å². The molecule has 7 nitrogen and oxygen atoms in total. The van der Waals surface area contributed by atoms with E-state index in [-0.39, 0.29) is 11.7 Å². The second-order valence-corrected chi connectivity index (χ2v) is 4.95. The van der Waals surface area contributed by atoms with Crippen molar-refractivity contribution in [1.82, 2.24) is 25.4 Å². The van der Waals surface area contributed by atoms with Crippen LogP contribution in [0.2, 0.25) is 0 Å². The maximum Gasteiger partial charge on any atom is 0.294 e. The highest BCUT2D eigenvalue weighted by Crippen LogP contribution is 2.18. The number of amides is 1. The van der Waals surface area contributed by atoms with E-state index in [4.69, 9.17) is 0 Å². The van der Waals surface area contributed by atoms with Crippen LogP contribution >= 0.6 is 11.3 Å². The van der Waals surface area contributed by atoms with Gasteiger partial charge >= 0.3 is 0 Å². The highest BCUT2D eigenvalue weighted by molar-refractivity contribution is 7.15. The lowest BCUT2D eigenvalue weighted by Gasteiger charge is -1.97. The van der Waals surface area contributed by atoms with E-state index in [0.717, 1.165) is 11.4 Å². The minimum Gasteiger partial charge on any atom is -0.294 e. The van der Waals surface area contributed by atoms with Gasteiger partial charge in [0.25, 0.3) is 5.91 Å². The topological polar surface area (TPSA) is 96.5 Å². The molecule has 0 fully saturated rings. The van der Waals surface area contributed by atoms with Crippen LogP contribution in [0.1, 0.15) is 29.5 Å². The number of aromatic nitrogens is 5. The Morgan fingerprint density at radius 1 is 1.53 bits per heavy atom. The monoisotopic (exact) mass is 252 g/mol. The maximum atomic E-state index is 11.6. The fourth-order valence-corrected chi connectivity index (χ4v) is 2.15. The summed E-state index contributed by atoms with van der Waals surface area (Å²) >= 11 is 1.37. The number of H-pyrrole nitrogens is 1. The Morgan fingerprint density at radius 3 is 3.00 bits per heavy atom. The zero-order valence-electron chi connectivity index (χ0n) is 9.47. The molecule has 1 amide bonds. The summed E-state index contributed by atoms with van der Waals surface area (Å²) in [5, 5.41) is 18.0. The van der Waals surface area contributed by atoms with Gasteiger partial charge in [0.15, 0.2) is 0 Å². The number of rotatable bonds is 4. The van der Waals surface area contributed by atoms with E-state index >= 15 is 0 Å². The number of hydrogen-bond acceptors (Lipinski definition) is 6. The van der Waals surface area contributed by atoms with Gasteiger partial charge in [-0.25, -0.2) is 4.98 Å². The molecule has 2 rings (SSSR count). The molecule has 17 heavy (non-hydrogen) atoms. The fourth-order valence-electron chi connectivity index (χ4n) is 1.21. The largest absolute Gasteiger partial charge is 0.294 e. The molecule has 0 saturated carbocycles. The molecule has 0 bridgehead atoms. The number of hydrogen-bond donors (Lipinski definition) is 2. The molecular weight excluding hydrogens is 240 g/mol. The van der Waals surface area contributed by atoms with Crippen LogP contribution in [0.25, 0.3) is 0 Å². The first kappa shape index (κ1) is 11.6. The lowest BCUT2D eigenvalue weighted by molar-refractivity contribution is 0.101. The second-order valence-electron chi connectivity index (χ2n) is 3.89. The molecule has 0 spiro atoms. The normalized spacial score (nSPS) is 10.8. The summed E-state index contributed by atoms with van der Waals surface area (Å²) in [7, 11) is 0. The van der Waals surface area contributed by atoms with Crippen molar-refractivity contribution in [2.75, 3.05) is 5.32 Å². The smallest absolute Gasteiger partial charge is 0.294 e. The first-order chi connectivity index (χ1) is 8.15. The van der Waals surface area contributed by atoms with E-state index < -0.39 is 0 Å². The van der Waals surface area contributed by atoms with Crippen molar-refractivity contribution >= 4 is 22.4 Å². The molecule has 2 N–H and O–H groups in total. The van der Waals surface area contributed by atoms with Crippen molar-refractivity contribution in [3.63, 3.8) is 0 Å². The Bertz CT molecular complexity index is 491. The predicted molar refractivity (Wildman–Crippen MR) is 62.8 cm³/mol. The van der Waals surface area contributed by atoms with Gasteiger partial charge in [0, 0.05) is 6.42 Å². The summed E-state index contributed by atoms with van der Waals surface area (Å²) in [6.07, 6.45) is 2.13. The van der Waals surface area contributed by atoms with Crippen LogP contribution in [0.5, 0.6) is 0 Å². The molecule has 0 saturated heterocycles. The van der Waals surface area contributed by atoms with Gasteiger partial charge in [0.05, 0.1) is 0 Å². The zero-order valence-corrected chi connectivity index (χ0v) is 10.3. The summed E-state index contributed by atoms with van der Waals surface area (Å²) in [6.45, 7) is 4.21. The Balaban J connectivity index is 1.99. The summed E-state index contributed by atoms with van der Waals surface area (Å²) in [5.41, 5.74) is 0. The lowest BCUT2D eigenvalue weighted by atomic mass is 10.1. The molecule has 2 aromatic rings. The van der Waals surface area contributed by atoms with Crippen LogP contribution in [0.4, 0.5) is 5.13 Å². The third kappa shape index (κ3) is 3.06.